The summed E-state index contributed by atoms with van der Waals surface area (Å²) in [4.78, 5) is 13.7. The highest BCUT2D eigenvalue weighted by Crippen LogP contribution is 2.39. The van der Waals surface area contributed by atoms with E-state index in [9.17, 15) is 14.3 Å². The molecule has 20 heavy (non-hydrogen) atoms. The molecule has 1 heterocycles. The number of hydrogen-bond acceptors (Lipinski definition) is 2. The van der Waals surface area contributed by atoms with Crippen LogP contribution in [0.1, 0.15) is 44.7 Å². The molecule has 0 aliphatic carbocycles. The van der Waals surface area contributed by atoms with Crippen molar-refractivity contribution < 1.29 is 14.3 Å². The molecule has 110 valence electrons. The molecule has 2 rings (SSSR count). The summed E-state index contributed by atoms with van der Waals surface area (Å²) in [5.74, 6) is -0.945. The van der Waals surface area contributed by atoms with Crippen LogP contribution in [0.2, 0.25) is 0 Å². The second-order valence-electron chi connectivity index (χ2n) is 5.79. The Bertz CT molecular complexity index is 491. The number of likely N-dealkylation sites (tertiary alicyclic amines) is 1. The van der Waals surface area contributed by atoms with Gasteiger partial charge in [-0.05, 0) is 44.0 Å². The molecule has 1 aromatic rings. The minimum atomic E-state index is -0.701. The Morgan fingerprint density at radius 2 is 2.30 bits per heavy atom. The molecule has 0 saturated carbocycles. The Kier molecular flexibility index (Phi) is 4.43. The van der Waals surface area contributed by atoms with Crippen molar-refractivity contribution in [3.63, 3.8) is 0 Å². The van der Waals surface area contributed by atoms with E-state index in [4.69, 9.17) is 0 Å². The molecule has 3 nitrogen and oxygen atoms in total. The van der Waals surface area contributed by atoms with E-state index in [1.54, 1.807) is 6.07 Å². The van der Waals surface area contributed by atoms with Crippen molar-refractivity contribution >= 4 is 5.97 Å². The van der Waals surface area contributed by atoms with Gasteiger partial charge >= 0.3 is 5.97 Å². The lowest BCUT2D eigenvalue weighted by Crippen LogP contribution is -2.35. The molecule has 0 spiro atoms. The molecule has 1 N–H and O–H groups in total. The zero-order valence-corrected chi connectivity index (χ0v) is 12.1. The minimum Gasteiger partial charge on any atom is -0.481 e. The maximum absolute atomic E-state index is 13.3. The Labute approximate surface area is 119 Å². The van der Waals surface area contributed by atoms with Gasteiger partial charge in [0.1, 0.15) is 5.82 Å². The van der Waals surface area contributed by atoms with Crippen LogP contribution < -0.4 is 0 Å². The molecule has 1 saturated heterocycles. The van der Waals surface area contributed by atoms with Gasteiger partial charge in [-0.2, -0.15) is 0 Å². The van der Waals surface area contributed by atoms with Crippen molar-refractivity contribution in [2.45, 2.75) is 39.2 Å². The van der Waals surface area contributed by atoms with E-state index < -0.39 is 11.4 Å². The average Bonchev–Trinajstić information content (AvgIpc) is 2.84. The third-order valence-corrected chi connectivity index (χ3v) is 4.44. The van der Waals surface area contributed by atoms with E-state index in [1.807, 2.05) is 19.9 Å². The highest BCUT2D eigenvalue weighted by molar-refractivity contribution is 5.75. The van der Waals surface area contributed by atoms with Crippen LogP contribution in [0.3, 0.4) is 0 Å². The largest absolute Gasteiger partial charge is 0.481 e. The van der Waals surface area contributed by atoms with Crippen molar-refractivity contribution in [1.82, 2.24) is 4.90 Å². The van der Waals surface area contributed by atoms with Crippen LogP contribution in [0.15, 0.2) is 24.3 Å². The topological polar surface area (TPSA) is 40.5 Å². The van der Waals surface area contributed by atoms with Crippen LogP contribution in [-0.2, 0) is 4.79 Å². The average molecular weight is 279 g/mol. The zero-order chi connectivity index (χ0) is 14.8. The van der Waals surface area contributed by atoms with Gasteiger partial charge in [0.05, 0.1) is 5.41 Å². The maximum atomic E-state index is 13.3. The lowest BCUT2D eigenvalue weighted by Gasteiger charge is -2.28. The number of aliphatic carboxylic acids is 1. The second kappa shape index (κ2) is 5.92. The molecule has 1 aliphatic heterocycles. The molecule has 1 aromatic carbocycles. The Morgan fingerprint density at radius 3 is 2.90 bits per heavy atom. The van der Waals surface area contributed by atoms with Crippen LogP contribution in [0.25, 0.3) is 0 Å². The SMILES string of the molecule is CCCC1(C(=O)O)CCN(C(C)c2cccc(F)c2)C1. The first kappa shape index (κ1) is 15.0. The zero-order valence-electron chi connectivity index (χ0n) is 12.1. The number of halogens is 1. The summed E-state index contributed by atoms with van der Waals surface area (Å²) in [6.07, 6.45) is 2.25. The van der Waals surface area contributed by atoms with E-state index in [0.717, 1.165) is 18.5 Å². The minimum absolute atomic E-state index is 0.0452. The molecule has 0 radical (unpaired) electrons. The smallest absolute Gasteiger partial charge is 0.310 e. The second-order valence-corrected chi connectivity index (χ2v) is 5.79. The van der Waals surface area contributed by atoms with Crippen molar-refractivity contribution in [2.24, 2.45) is 5.41 Å². The van der Waals surface area contributed by atoms with E-state index >= 15 is 0 Å². The first-order valence-electron chi connectivity index (χ1n) is 7.21. The molecular formula is C16H22FNO2. The van der Waals surface area contributed by atoms with Gasteiger partial charge in [0.2, 0.25) is 0 Å². The summed E-state index contributed by atoms with van der Waals surface area (Å²) < 4.78 is 13.3. The summed E-state index contributed by atoms with van der Waals surface area (Å²) in [6, 6.07) is 6.61. The van der Waals surface area contributed by atoms with Gasteiger partial charge in [-0.1, -0.05) is 25.5 Å². The third-order valence-electron chi connectivity index (χ3n) is 4.44. The first-order valence-corrected chi connectivity index (χ1v) is 7.21. The maximum Gasteiger partial charge on any atom is 0.310 e. The monoisotopic (exact) mass is 279 g/mol. The standard InChI is InChI=1S/C16H22FNO2/c1-3-7-16(15(19)20)8-9-18(11-16)12(2)13-5-4-6-14(17)10-13/h4-6,10,12H,3,7-9,11H2,1-2H3,(H,19,20). The fourth-order valence-electron chi connectivity index (χ4n) is 3.18. The first-order chi connectivity index (χ1) is 9.48. The molecule has 0 aromatic heterocycles. The number of hydrogen-bond donors (Lipinski definition) is 1. The van der Waals surface area contributed by atoms with Crippen LogP contribution in [0, 0.1) is 11.2 Å². The Hall–Kier alpha value is -1.42. The highest BCUT2D eigenvalue weighted by Gasteiger charge is 2.45. The van der Waals surface area contributed by atoms with Gasteiger partial charge in [0.25, 0.3) is 0 Å². The summed E-state index contributed by atoms with van der Waals surface area (Å²) in [7, 11) is 0. The third kappa shape index (κ3) is 2.85. The van der Waals surface area contributed by atoms with Gasteiger partial charge in [-0.15, -0.1) is 0 Å². The van der Waals surface area contributed by atoms with Crippen molar-refractivity contribution in [3.8, 4) is 0 Å². The quantitative estimate of drug-likeness (QED) is 0.897. The van der Waals surface area contributed by atoms with Crippen molar-refractivity contribution in [2.75, 3.05) is 13.1 Å². The molecule has 4 heteroatoms. The predicted octanol–water partition coefficient (Wildman–Crippen LogP) is 3.46. The summed E-state index contributed by atoms with van der Waals surface area (Å²) in [5.41, 5.74) is 0.277. The van der Waals surface area contributed by atoms with Crippen molar-refractivity contribution in [1.29, 1.82) is 0 Å². The molecule has 0 amide bonds. The van der Waals surface area contributed by atoms with Gasteiger partial charge in [-0.3, -0.25) is 9.69 Å². The van der Waals surface area contributed by atoms with Crippen LogP contribution in [-0.4, -0.2) is 29.1 Å². The molecule has 2 atom stereocenters. The van der Waals surface area contributed by atoms with E-state index in [0.29, 0.717) is 19.4 Å². The molecule has 1 fully saturated rings. The summed E-state index contributed by atoms with van der Waals surface area (Å²) >= 11 is 0. The Morgan fingerprint density at radius 1 is 1.55 bits per heavy atom. The Balaban J connectivity index is 2.14. The van der Waals surface area contributed by atoms with Gasteiger partial charge in [0, 0.05) is 12.6 Å². The van der Waals surface area contributed by atoms with E-state index in [1.165, 1.54) is 12.1 Å². The molecule has 2 unspecified atom stereocenters. The van der Waals surface area contributed by atoms with E-state index in [2.05, 4.69) is 4.90 Å². The van der Waals surface area contributed by atoms with Crippen LogP contribution in [0.4, 0.5) is 4.39 Å². The lowest BCUT2D eigenvalue weighted by molar-refractivity contribution is -0.148. The lowest BCUT2D eigenvalue weighted by atomic mass is 9.82. The van der Waals surface area contributed by atoms with Crippen molar-refractivity contribution in [3.05, 3.63) is 35.6 Å². The number of carboxylic acid groups (broad SMARTS) is 1. The van der Waals surface area contributed by atoms with Gasteiger partial charge in [-0.25, -0.2) is 4.39 Å². The fraction of sp³-hybridized carbons (Fsp3) is 0.562. The van der Waals surface area contributed by atoms with Gasteiger partial charge in [0.15, 0.2) is 0 Å². The number of carbonyl (C=O) groups is 1. The number of carboxylic acids is 1. The summed E-state index contributed by atoms with van der Waals surface area (Å²) in [5, 5.41) is 9.52. The number of rotatable bonds is 5. The fourth-order valence-corrected chi connectivity index (χ4v) is 3.18. The molecule has 0 bridgehead atoms. The summed E-state index contributed by atoms with van der Waals surface area (Å²) in [6.45, 7) is 5.33. The van der Waals surface area contributed by atoms with Crippen LogP contribution in [0.5, 0.6) is 0 Å². The van der Waals surface area contributed by atoms with Gasteiger partial charge < -0.3 is 5.11 Å². The predicted molar refractivity (Wildman–Crippen MR) is 76.0 cm³/mol. The normalized spacial score (nSPS) is 24.8. The molecule has 1 aliphatic rings. The number of nitrogens with zero attached hydrogens (tertiary/aromatic N) is 1. The highest BCUT2D eigenvalue weighted by atomic mass is 19.1. The number of benzene rings is 1. The molecular weight excluding hydrogens is 257 g/mol. The van der Waals surface area contributed by atoms with E-state index in [-0.39, 0.29) is 11.9 Å². The van der Waals surface area contributed by atoms with Crippen LogP contribution >= 0.6 is 0 Å².